The van der Waals surface area contributed by atoms with E-state index in [9.17, 15) is 0 Å². The fourth-order valence-corrected chi connectivity index (χ4v) is 3.32. The van der Waals surface area contributed by atoms with E-state index in [-0.39, 0.29) is 0 Å². The van der Waals surface area contributed by atoms with Gasteiger partial charge in [0.25, 0.3) is 0 Å². The van der Waals surface area contributed by atoms with E-state index in [4.69, 9.17) is 14.5 Å². The molecule has 0 N–H and O–H groups in total. The first-order valence-electron chi connectivity index (χ1n) is 8.66. The number of anilines is 1. The molecule has 1 unspecified atom stereocenters. The van der Waals surface area contributed by atoms with Gasteiger partial charge in [0, 0.05) is 37.7 Å². The molecule has 1 saturated carbocycles. The van der Waals surface area contributed by atoms with Gasteiger partial charge in [-0.05, 0) is 38.2 Å². The van der Waals surface area contributed by atoms with Crippen molar-refractivity contribution < 1.29 is 9.47 Å². The standard InChI is InChI=1S/C17H25N3O2/c1-2-14(1)17-18-7-3-16(19-17)20-8-4-15(5-9-20)22-12-13-6-10-21-11-13/h3,7,13-15H,1-2,4-6,8-12H2. The first kappa shape index (κ1) is 14.4. The van der Waals surface area contributed by atoms with Crippen molar-refractivity contribution in [2.75, 3.05) is 37.8 Å². The summed E-state index contributed by atoms with van der Waals surface area (Å²) in [6.07, 6.45) is 8.17. The number of rotatable bonds is 5. The van der Waals surface area contributed by atoms with Crippen LogP contribution in [0.3, 0.4) is 0 Å². The highest BCUT2D eigenvalue weighted by atomic mass is 16.5. The predicted molar refractivity (Wildman–Crippen MR) is 84.1 cm³/mol. The Balaban J connectivity index is 1.27. The van der Waals surface area contributed by atoms with Crippen molar-refractivity contribution in [2.24, 2.45) is 5.92 Å². The summed E-state index contributed by atoms with van der Waals surface area (Å²) in [6, 6.07) is 2.04. The van der Waals surface area contributed by atoms with Crippen LogP contribution in [0.5, 0.6) is 0 Å². The molecule has 0 spiro atoms. The Morgan fingerprint density at radius 3 is 2.77 bits per heavy atom. The summed E-state index contributed by atoms with van der Waals surface area (Å²) in [6.45, 7) is 4.72. The van der Waals surface area contributed by atoms with Gasteiger partial charge in [-0.25, -0.2) is 9.97 Å². The Bertz CT molecular complexity index is 492. The Morgan fingerprint density at radius 2 is 2.05 bits per heavy atom. The molecule has 5 heteroatoms. The number of nitrogens with zero attached hydrogens (tertiary/aromatic N) is 3. The summed E-state index contributed by atoms with van der Waals surface area (Å²) < 4.78 is 11.5. The number of ether oxygens (including phenoxy) is 2. The van der Waals surface area contributed by atoms with E-state index in [1.165, 1.54) is 12.8 Å². The molecule has 3 heterocycles. The van der Waals surface area contributed by atoms with E-state index in [1.807, 2.05) is 12.3 Å². The monoisotopic (exact) mass is 303 g/mol. The number of hydrogen-bond acceptors (Lipinski definition) is 5. The van der Waals surface area contributed by atoms with Gasteiger partial charge in [0.2, 0.25) is 0 Å². The molecular formula is C17H25N3O2. The van der Waals surface area contributed by atoms with Gasteiger partial charge < -0.3 is 14.4 Å². The molecule has 1 aromatic rings. The first-order valence-corrected chi connectivity index (χ1v) is 8.66. The van der Waals surface area contributed by atoms with E-state index in [0.717, 1.165) is 63.8 Å². The lowest BCUT2D eigenvalue weighted by molar-refractivity contribution is 0.0131. The van der Waals surface area contributed by atoms with E-state index >= 15 is 0 Å². The van der Waals surface area contributed by atoms with Crippen LogP contribution in [0.1, 0.15) is 43.8 Å². The third-order valence-corrected chi connectivity index (χ3v) is 4.96. The minimum atomic E-state index is 0.404. The van der Waals surface area contributed by atoms with Gasteiger partial charge in [0.05, 0.1) is 19.3 Å². The zero-order valence-electron chi connectivity index (χ0n) is 13.1. The minimum Gasteiger partial charge on any atom is -0.381 e. The second-order valence-electron chi connectivity index (χ2n) is 6.80. The zero-order valence-corrected chi connectivity index (χ0v) is 13.1. The van der Waals surface area contributed by atoms with E-state index in [2.05, 4.69) is 9.88 Å². The van der Waals surface area contributed by atoms with Crippen molar-refractivity contribution in [1.29, 1.82) is 0 Å². The van der Waals surface area contributed by atoms with Gasteiger partial charge in [-0.3, -0.25) is 0 Å². The molecule has 120 valence electrons. The molecule has 0 bridgehead atoms. The molecule has 2 aliphatic heterocycles. The third kappa shape index (κ3) is 3.41. The van der Waals surface area contributed by atoms with Crippen molar-refractivity contribution in [3.05, 3.63) is 18.1 Å². The van der Waals surface area contributed by atoms with Crippen LogP contribution in [0.15, 0.2) is 12.3 Å². The van der Waals surface area contributed by atoms with Crippen LogP contribution in [0, 0.1) is 5.92 Å². The summed E-state index contributed by atoms with van der Waals surface area (Å²) >= 11 is 0. The molecule has 5 nitrogen and oxygen atoms in total. The fraction of sp³-hybridized carbons (Fsp3) is 0.765. The van der Waals surface area contributed by atoms with E-state index in [0.29, 0.717) is 17.9 Å². The Hall–Kier alpha value is -1.20. The highest BCUT2D eigenvalue weighted by Gasteiger charge is 2.28. The van der Waals surface area contributed by atoms with Crippen molar-refractivity contribution in [3.63, 3.8) is 0 Å². The lowest BCUT2D eigenvalue weighted by atomic mass is 10.1. The second kappa shape index (κ2) is 6.50. The van der Waals surface area contributed by atoms with Crippen molar-refractivity contribution in [2.45, 2.75) is 44.1 Å². The molecule has 1 atom stereocenters. The van der Waals surface area contributed by atoms with Crippen LogP contribution in [-0.4, -0.2) is 49.0 Å². The Morgan fingerprint density at radius 1 is 1.18 bits per heavy atom. The quantitative estimate of drug-likeness (QED) is 0.836. The SMILES string of the molecule is c1cc(N2CCC(OCC3CCOC3)CC2)nc(C2CC2)n1. The van der Waals surface area contributed by atoms with Crippen LogP contribution in [0.25, 0.3) is 0 Å². The molecule has 3 fully saturated rings. The average Bonchev–Trinajstić information content (AvgIpc) is 3.30. The minimum absolute atomic E-state index is 0.404. The zero-order chi connectivity index (χ0) is 14.8. The average molecular weight is 303 g/mol. The summed E-state index contributed by atoms with van der Waals surface area (Å²) in [4.78, 5) is 11.5. The summed E-state index contributed by atoms with van der Waals surface area (Å²) in [5.74, 6) is 3.37. The van der Waals surface area contributed by atoms with Crippen molar-refractivity contribution >= 4 is 5.82 Å². The molecule has 4 rings (SSSR count). The molecule has 2 saturated heterocycles. The van der Waals surface area contributed by atoms with E-state index < -0.39 is 0 Å². The largest absolute Gasteiger partial charge is 0.381 e. The van der Waals surface area contributed by atoms with Crippen LogP contribution >= 0.6 is 0 Å². The number of aromatic nitrogens is 2. The normalized spacial score (nSPS) is 26.5. The van der Waals surface area contributed by atoms with Gasteiger partial charge in [0.15, 0.2) is 0 Å². The van der Waals surface area contributed by atoms with Crippen molar-refractivity contribution in [3.8, 4) is 0 Å². The molecule has 0 aromatic carbocycles. The first-order chi connectivity index (χ1) is 10.9. The molecule has 0 amide bonds. The van der Waals surface area contributed by atoms with Gasteiger partial charge in [-0.2, -0.15) is 0 Å². The van der Waals surface area contributed by atoms with Gasteiger partial charge >= 0.3 is 0 Å². The van der Waals surface area contributed by atoms with Crippen LogP contribution in [-0.2, 0) is 9.47 Å². The molecule has 1 aromatic heterocycles. The molecule has 1 aliphatic carbocycles. The van der Waals surface area contributed by atoms with Gasteiger partial charge in [0.1, 0.15) is 11.6 Å². The number of hydrogen-bond donors (Lipinski definition) is 0. The summed E-state index contributed by atoms with van der Waals surface area (Å²) in [5.41, 5.74) is 0. The van der Waals surface area contributed by atoms with Crippen LogP contribution in [0.2, 0.25) is 0 Å². The maximum atomic E-state index is 6.08. The summed E-state index contributed by atoms with van der Waals surface area (Å²) in [7, 11) is 0. The van der Waals surface area contributed by atoms with Crippen LogP contribution < -0.4 is 4.90 Å². The lowest BCUT2D eigenvalue weighted by Crippen LogP contribution is -2.38. The van der Waals surface area contributed by atoms with Gasteiger partial charge in [-0.1, -0.05) is 0 Å². The maximum Gasteiger partial charge on any atom is 0.133 e. The van der Waals surface area contributed by atoms with Crippen LogP contribution in [0.4, 0.5) is 5.82 Å². The molecule has 0 radical (unpaired) electrons. The highest BCUT2D eigenvalue weighted by Crippen LogP contribution is 2.38. The van der Waals surface area contributed by atoms with Gasteiger partial charge in [-0.15, -0.1) is 0 Å². The molecule has 22 heavy (non-hydrogen) atoms. The predicted octanol–water partition coefficient (Wildman–Crippen LogP) is 2.38. The number of piperidine rings is 1. The fourth-order valence-electron chi connectivity index (χ4n) is 3.32. The highest BCUT2D eigenvalue weighted by molar-refractivity contribution is 5.38. The topological polar surface area (TPSA) is 47.5 Å². The summed E-state index contributed by atoms with van der Waals surface area (Å²) in [5, 5.41) is 0. The second-order valence-corrected chi connectivity index (χ2v) is 6.80. The lowest BCUT2D eigenvalue weighted by Gasteiger charge is -2.33. The maximum absolute atomic E-state index is 6.08. The molecular weight excluding hydrogens is 278 g/mol. The smallest absolute Gasteiger partial charge is 0.133 e. The third-order valence-electron chi connectivity index (χ3n) is 4.96. The Kier molecular flexibility index (Phi) is 4.26. The Labute approximate surface area is 132 Å². The van der Waals surface area contributed by atoms with E-state index in [1.54, 1.807) is 0 Å². The molecule has 3 aliphatic rings. The van der Waals surface area contributed by atoms with Crippen molar-refractivity contribution in [1.82, 2.24) is 9.97 Å².